The number of halogens is 1. The number of nitrogens with one attached hydrogen (secondary N) is 1. The number of phenols is 1. The summed E-state index contributed by atoms with van der Waals surface area (Å²) < 4.78 is 5.64. The van der Waals surface area contributed by atoms with Crippen molar-refractivity contribution in [3.05, 3.63) is 28.2 Å². The van der Waals surface area contributed by atoms with Crippen molar-refractivity contribution in [3.63, 3.8) is 0 Å². The summed E-state index contributed by atoms with van der Waals surface area (Å²) >= 11 is 3.18. The van der Waals surface area contributed by atoms with Gasteiger partial charge in [-0.3, -0.25) is 4.79 Å². The van der Waals surface area contributed by atoms with Crippen LogP contribution in [0.5, 0.6) is 5.75 Å². The predicted octanol–water partition coefficient (Wildman–Crippen LogP) is 2.56. The van der Waals surface area contributed by atoms with Crippen LogP contribution in [-0.4, -0.2) is 30.8 Å². The summed E-state index contributed by atoms with van der Waals surface area (Å²) in [5, 5.41) is 12.4. The van der Waals surface area contributed by atoms with Crippen LogP contribution in [-0.2, 0) is 4.74 Å². The number of carbonyl (C=O) groups is 1. The molecule has 0 radical (unpaired) electrons. The highest BCUT2D eigenvalue weighted by molar-refractivity contribution is 9.10. The molecule has 0 heterocycles. The minimum Gasteiger partial charge on any atom is -0.507 e. The van der Waals surface area contributed by atoms with Crippen molar-refractivity contribution in [2.75, 3.05) is 13.7 Å². The summed E-state index contributed by atoms with van der Waals surface area (Å²) in [4.78, 5) is 12.0. The number of carbonyl (C=O) groups excluding carboxylic acids is 1. The molecule has 0 saturated heterocycles. The van der Waals surface area contributed by atoms with Crippen LogP contribution in [0, 0.1) is 5.92 Å². The first kappa shape index (κ1) is 15.0. The number of hydrogen-bond acceptors (Lipinski definition) is 3. The van der Waals surface area contributed by atoms with E-state index >= 15 is 0 Å². The third kappa shape index (κ3) is 3.99. The molecule has 1 rings (SSSR count). The number of hydrogen-bond donors (Lipinski definition) is 2. The average molecular weight is 316 g/mol. The van der Waals surface area contributed by atoms with Gasteiger partial charge >= 0.3 is 0 Å². The van der Waals surface area contributed by atoms with E-state index in [1.54, 1.807) is 19.2 Å². The van der Waals surface area contributed by atoms with Gasteiger partial charge in [0.25, 0.3) is 5.91 Å². The van der Waals surface area contributed by atoms with Crippen LogP contribution >= 0.6 is 15.9 Å². The zero-order valence-corrected chi connectivity index (χ0v) is 12.3. The number of methoxy groups -OCH3 is 1. The van der Waals surface area contributed by atoms with Crippen molar-refractivity contribution >= 4 is 21.8 Å². The second kappa shape index (κ2) is 6.75. The van der Waals surface area contributed by atoms with Crippen molar-refractivity contribution in [1.29, 1.82) is 0 Å². The topological polar surface area (TPSA) is 58.6 Å². The normalized spacial score (nSPS) is 12.5. The van der Waals surface area contributed by atoms with Gasteiger partial charge in [-0.25, -0.2) is 0 Å². The third-order valence-electron chi connectivity index (χ3n) is 2.68. The Bertz CT molecular complexity index is 421. The first-order valence-corrected chi connectivity index (χ1v) is 6.53. The highest BCUT2D eigenvalue weighted by Crippen LogP contribution is 2.24. The first-order valence-electron chi connectivity index (χ1n) is 5.74. The predicted molar refractivity (Wildman–Crippen MR) is 73.8 cm³/mol. The molecular formula is C13H18BrNO3. The Morgan fingerprint density at radius 2 is 2.17 bits per heavy atom. The number of benzene rings is 1. The molecule has 0 aliphatic carbocycles. The summed E-state index contributed by atoms with van der Waals surface area (Å²) in [5.74, 6) is 0.113. The summed E-state index contributed by atoms with van der Waals surface area (Å²) in [6.07, 6.45) is 0. The van der Waals surface area contributed by atoms with E-state index in [0.717, 1.165) is 0 Å². The molecule has 0 saturated carbocycles. The van der Waals surface area contributed by atoms with E-state index in [1.165, 1.54) is 6.07 Å². The second-order valence-corrected chi connectivity index (χ2v) is 5.30. The molecular weight excluding hydrogens is 298 g/mol. The molecule has 0 fully saturated rings. The molecule has 4 nitrogen and oxygen atoms in total. The van der Waals surface area contributed by atoms with Gasteiger partial charge in [0.15, 0.2) is 0 Å². The van der Waals surface area contributed by atoms with Gasteiger partial charge in [0.1, 0.15) is 5.75 Å². The summed E-state index contributed by atoms with van der Waals surface area (Å²) in [6, 6.07) is 4.69. The lowest BCUT2D eigenvalue weighted by Crippen LogP contribution is -2.41. The monoisotopic (exact) mass is 315 g/mol. The molecule has 0 bridgehead atoms. The number of ether oxygens (including phenoxy) is 1. The lowest BCUT2D eigenvalue weighted by Gasteiger charge is -2.21. The third-order valence-corrected chi connectivity index (χ3v) is 3.35. The minimum absolute atomic E-state index is 0.0479. The Balaban J connectivity index is 2.77. The standard InChI is InChI=1S/C13H18BrNO3/c1-8(2)11(7-18-3)15-13(17)9-4-5-10(14)12(16)6-9/h4-6,8,11,16H,7H2,1-3H3,(H,15,17). The van der Waals surface area contributed by atoms with Crippen LogP contribution in [0.1, 0.15) is 24.2 Å². The van der Waals surface area contributed by atoms with Gasteiger partial charge in [-0.1, -0.05) is 13.8 Å². The zero-order valence-electron chi connectivity index (χ0n) is 10.7. The van der Waals surface area contributed by atoms with Gasteiger partial charge in [-0.15, -0.1) is 0 Å². The van der Waals surface area contributed by atoms with Crippen molar-refractivity contribution < 1.29 is 14.6 Å². The lowest BCUT2D eigenvalue weighted by atomic mass is 10.0. The molecule has 1 aromatic rings. The number of amides is 1. The first-order chi connectivity index (χ1) is 8.45. The zero-order chi connectivity index (χ0) is 13.7. The fraction of sp³-hybridized carbons (Fsp3) is 0.462. The number of rotatable bonds is 5. The van der Waals surface area contributed by atoms with Crippen molar-refractivity contribution in [1.82, 2.24) is 5.32 Å². The van der Waals surface area contributed by atoms with E-state index in [9.17, 15) is 9.90 Å². The van der Waals surface area contributed by atoms with Crippen LogP contribution in [0.15, 0.2) is 22.7 Å². The van der Waals surface area contributed by atoms with Gasteiger partial charge in [0, 0.05) is 12.7 Å². The van der Waals surface area contributed by atoms with Crippen molar-refractivity contribution in [2.45, 2.75) is 19.9 Å². The van der Waals surface area contributed by atoms with Gasteiger partial charge in [-0.2, -0.15) is 0 Å². The van der Waals surface area contributed by atoms with Crippen LogP contribution in [0.3, 0.4) is 0 Å². The average Bonchev–Trinajstić information content (AvgIpc) is 2.31. The fourth-order valence-electron chi connectivity index (χ4n) is 1.49. The summed E-state index contributed by atoms with van der Waals surface area (Å²) in [5.41, 5.74) is 0.428. The Kier molecular flexibility index (Phi) is 5.62. The van der Waals surface area contributed by atoms with E-state index in [0.29, 0.717) is 16.6 Å². The Morgan fingerprint density at radius 1 is 1.50 bits per heavy atom. The van der Waals surface area contributed by atoms with Gasteiger partial charge in [0.05, 0.1) is 17.1 Å². The van der Waals surface area contributed by atoms with Crippen LogP contribution in [0.2, 0.25) is 0 Å². The molecule has 1 amide bonds. The number of phenolic OH excluding ortho intramolecular Hbond substituents is 1. The second-order valence-electron chi connectivity index (χ2n) is 4.45. The molecule has 100 valence electrons. The Morgan fingerprint density at radius 3 is 2.67 bits per heavy atom. The van der Waals surface area contributed by atoms with E-state index in [-0.39, 0.29) is 23.6 Å². The van der Waals surface area contributed by atoms with Gasteiger partial charge in [0.2, 0.25) is 0 Å². The molecule has 5 heteroatoms. The van der Waals surface area contributed by atoms with Crippen LogP contribution < -0.4 is 5.32 Å². The summed E-state index contributed by atoms with van der Waals surface area (Å²) in [7, 11) is 1.60. The Labute approximate surface area is 115 Å². The van der Waals surface area contributed by atoms with Crippen LogP contribution in [0.25, 0.3) is 0 Å². The van der Waals surface area contributed by atoms with Crippen molar-refractivity contribution in [3.8, 4) is 5.75 Å². The molecule has 18 heavy (non-hydrogen) atoms. The van der Waals surface area contributed by atoms with E-state index < -0.39 is 0 Å². The molecule has 1 unspecified atom stereocenters. The molecule has 0 spiro atoms. The van der Waals surface area contributed by atoms with Crippen LogP contribution in [0.4, 0.5) is 0 Å². The van der Waals surface area contributed by atoms with Gasteiger partial charge in [-0.05, 0) is 40.0 Å². The number of aromatic hydroxyl groups is 1. The smallest absolute Gasteiger partial charge is 0.251 e. The van der Waals surface area contributed by atoms with Gasteiger partial charge < -0.3 is 15.2 Å². The SMILES string of the molecule is COCC(NC(=O)c1ccc(Br)c(O)c1)C(C)C. The largest absolute Gasteiger partial charge is 0.507 e. The highest BCUT2D eigenvalue weighted by atomic mass is 79.9. The minimum atomic E-state index is -0.214. The maximum absolute atomic E-state index is 12.0. The fourth-order valence-corrected chi connectivity index (χ4v) is 1.73. The molecule has 1 aromatic carbocycles. The van der Waals surface area contributed by atoms with E-state index in [4.69, 9.17) is 4.74 Å². The van der Waals surface area contributed by atoms with Crippen molar-refractivity contribution in [2.24, 2.45) is 5.92 Å². The summed E-state index contributed by atoms with van der Waals surface area (Å²) in [6.45, 7) is 4.50. The molecule has 0 aliphatic rings. The quantitative estimate of drug-likeness (QED) is 0.878. The Hall–Kier alpha value is -1.07. The van der Waals surface area contributed by atoms with E-state index in [1.807, 2.05) is 13.8 Å². The molecule has 1 atom stereocenters. The lowest BCUT2D eigenvalue weighted by molar-refractivity contribution is 0.0866. The molecule has 0 aromatic heterocycles. The highest BCUT2D eigenvalue weighted by Gasteiger charge is 2.17. The maximum Gasteiger partial charge on any atom is 0.251 e. The molecule has 0 aliphatic heterocycles. The maximum atomic E-state index is 12.0. The molecule has 2 N–H and O–H groups in total. The van der Waals surface area contributed by atoms with E-state index in [2.05, 4.69) is 21.2 Å².